The normalized spacial score (nSPS) is 16.3. The molecular weight excluding hydrogens is 216 g/mol. The number of rotatable bonds is 9. The van der Waals surface area contributed by atoms with Gasteiger partial charge in [0.05, 0.1) is 6.61 Å². The average Bonchev–Trinajstić information content (AvgIpc) is 2.33. The topological polar surface area (TPSA) is 46.5 Å². The fourth-order valence-corrected chi connectivity index (χ4v) is 2.07. The first-order chi connectivity index (χ1) is 8.02. The summed E-state index contributed by atoms with van der Waals surface area (Å²) in [7, 11) is 0. The van der Waals surface area contributed by atoms with Crippen LogP contribution in [0.5, 0.6) is 0 Å². The summed E-state index contributed by atoms with van der Waals surface area (Å²) in [5.41, 5.74) is -1.30. The van der Waals surface area contributed by atoms with Gasteiger partial charge in [0, 0.05) is 0 Å². The number of unbranched alkanes of at least 4 members (excludes halogenated alkanes) is 3. The Balaban J connectivity index is 4.26. The quantitative estimate of drug-likeness (QED) is 0.500. The van der Waals surface area contributed by atoms with Crippen LogP contribution in [0, 0.1) is 5.92 Å². The first-order valence-electron chi connectivity index (χ1n) is 6.92. The van der Waals surface area contributed by atoms with Crippen molar-refractivity contribution in [3.05, 3.63) is 0 Å². The van der Waals surface area contributed by atoms with E-state index in [0.717, 1.165) is 12.8 Å². The van der Waals surface area contributed by atoms with Gasteiger partial charge in [-0.2, -0.15) is 0 Å². The Bertz CT molecular complexity index is 216. The predicted molar refractivity (Wildman–Crippen MR) is 69.8 cm³/mol. The molecular formula is C14H28O3. The van der Waals surface area contributed by atoms with Crippen molar-refractivity contribution in [2.24, 2.45) is 5.92 Å². The molecule has 0 saturated heterocycles. The SMILES string of the molecule is CCCCCCC(C)C(O)(CC)C(=O)OCC. The number of hydrogen-bond acceptors (Lipinski definition) is 3. The maximum absolute atomic E-state index is 11.8. The Morgan fingerprint density at radius 2 is 1.88 bits per heavy atom. The molecule has 0 aromatic heterocycles. The van der Waals surface area contributed by atoms with Crippen LogP contribution in [-0.4, -0.2) is 23.3 Å². The molecule has 0 radical (unpaired) electrons. The summed E-state index contributed by atoms with van der Waals surface area (Å²) in [6.45, 7) is 8.03. The van der Waals surface area contributed by atoms with Crippen molar-refractivity contribution >= 4 is 5.97 Å². The molecule has 3 nitrogen and oxygen atoms in total. The summed E-state index contributed by atoms with van der Waals surface area (Å²) in [6, 6.07) is 0. The van der Waals surface area contributed by atoms with E-state index in [1.54, 1.807) is 6.92 Å². The van der Waals surface area contributed by atoms with Gasteiger partial charge in [-0.3, -0.25) is 0 Å². The van der Waals surface area contributed by atoms with Crippen LogP contribution in [-0.2, 0) is 9.53 Å². The molecule has 0 aromatic carbocycles. The predicted octanol–water partition coefficient (Wildman–Crippen LogP) is 3.30. The molecule has 3 heteroatoms. The van der Waals surface area contributed by atoms with Crippen LogP contribution in [0.15, 0.2) is 0 Å². The number of carbonyl (C=O) groups is 1. The van der Waals surface area contributed by atoms with Gasteiger partial charge >= 0.3 is 5.97 Å². The molecule has 0 spiro atoms. The summed E-state index contributed by atoms with van der Waals surface area (Å²) in [4.78, 5) is 11.8. The van der Waals surface area contributed by atoms with Gasteiger partial charge in [-0.1, -0.05) is 46.5 Å². The highest BCUT2D eigenvalue weighted by Crippen LogP contribution is 2.27. The third-order valence-electron chi connectivity index (χ3n) is 3.47. The monoisotopic (exact) mass is 244 g/mol. The molecule has 0 aromatic rings. The lowest BCUT2D eigenvalue weighted by Crippen LogP contribution is -2.45. The standard InChI is InChI=1S/C14H28O3/c1-5-8-9-10-11-12(4)14(16,6-2)13(15)17-7-3/h12,16H,5-11H2,1-4H3. The van der Waals surface area contributed by atoms with Crippen molar-refractivity contribution < 1.29 is 14.6 Å². The highest BCUT2D eigenvalue weighted by molar-refractivity contribution is 5.79. The number of hydrogen-bond donors (Lipinski definition) is 1. The summed E-state index contributed by atoms with van der Waals surface area (Å²) in [5.74, 6) is -0.506. The molecule has 0 aliphatic heterocycles. The van der Waals surface area contributed by atoms with Crippen LogP contribution >= 0.6 is 0 Å². The Hall–Kier alpha value is -0.570. The van der Waals surface area contributed by atoms with Crippen LogP contribution in [0.25, 0.3) is 0 Å². The van der Waals surface area contributed by atoms with Crippen molar-refractivity contribution in [1.29, 1.82) is 0 Å². The van der Waals surface area contributed by atoms with Gasteiger partial charge < -0.3 is 9.84 Å². The molecule has 0 amide bonds. The largest absolute Gasteiger partial charge is 0.464 e. The second-order valence-corrected chi connectivity index (χ2v) is 4.75. The molecule has 0 aliphatic rings. The zero-order valence-electron chi connectivity index (χ0n) is 11.8. The maximum Gasteiger partial charge on any atom is 0.338 e. The van der Waals surface area contributed by atoms with E-state index in [9.17, 15) is 9.90 Å². The Morgan fingerprint density at radius 3 is 2.35 bits per heavy atom. The van der Waals surface area contributed by atoms with Gasteiger partial charge in [-0.15, -0.1) is 0 Å². The third-order valence-corrected chi connectivity index (χ3v) is 3.47. The smallest absolute Gasteiger partial charge is 0.338 e. The van der Waals surface area contributed by atoms with Gasteiger partial charge in [-0.05, 0) is 25.7 Å². The molecule has 0 fully saturated rings. The molecule has 17 heavy (non-hydrogen) atoms. The molecule has 2 unspecified atom stereocenters. The van der Waals surface area contributed by atoms with Crippen molar-refractivity contribution in [2.45, 2.75) is 71.8 Å². The minimum Gasteiger partial charge on any atom is -0.464 e. The lowest BCUT2D eigenvalue weighted by molar-refractivity contribution is -0.171. The van der Waals surface area contributed by atoms with Gasteiger partial charge in [0.15, 0.2) is 5.60 Å². The molecule has 0 heterocycles. The van der Waals surface area contributed by atoms with E-state index >= 15 is 0 Å². The molecule has 0 aliphatic carbocycles. The third kappa shape index (κ3) is 5.07. The van der Waals surface area contributed by atoms with Crippen molar-refractivity contribution in [1.82, 2.24) is 0 Å². The summed E-state index contributed by atoms with van der Waals surface area (Å²) in [6.07, 6.45) is 5.95. The van der Waals surface area contributed by atoms with E-state index < -0.39 is 11.6 Å². The molecule has 1 N–H and O–H groups in total. The first kappa shape index (κ1) is 16.4. The molecule has 2 atom stereocenters. The van der Waals surface area contributed by atoms with Crippen LogP contribution in [0.2, 0.25) is 0 Å². The van der Waals surface area contributed by atoms with E-state index in [1.165, 1.54) is 19.3 Å². The van der Waals surface area contributed by atoms with Gasteiger partial charge in [-0.25, -0.2) is 4.79 Å². The fourth-order valence-electron chi connectivity index (χ4n) is 2.07. The number of ether oxygens (including phenoxy) is 1. The summed E-state index contributed by atoms with van der Waals surface area (Å²) in [5, 5.41) is 10.4. The number of carbonyl (C=O) groups excluding carboxylic acids is 1. The van der Waals surface area contributed by atoms with Crippen LogP contribution < -0.4 is 0 Å². The Labute approximate surface area is 106 Å². The maximum atomic E-state index is 11.8. The highest BCUT2D eigenvalue weighted by Gasteiger charge is 2.40. The second-order valence-electron chi connectivity index (χ2n) is 4.75. The van der Waals surface area contributed by atoms with Crippen LogP contribution in [0.1, 0.15) is 66.2 Å². The highest BCUT2D eigenvalue weighted by atomic mass is 16.5. The second kappa shape index (κ2) is 8.51. The molecule has 0 saturated carbocycles. The van der Waals surface area contributed by atoms with Crippen LogP contribution in [0.4, 0.5) is 0 Å². The van der Waals surface area contributed by atoms with Crippen molar-refractivity contribution in [2.75, 3.05) is 6.61 Å². The van der Waals surface area contributed by atoms with E-state index in [0.29, 0.717) is 13.0 Å². The van der Waals surface area contributed by atoms with E-state index in [4.69, 9.17) is 4.74 Å². The number of aliphatic hydroxyl groups is 1. The van der Waals surface area contributed by atoms with E-state index in [2.05, 4.69) is 6.92 Å². The van der Waals surface area contributed by atoms with Crippen LogP contribution in [0.3, 0.4) is 0 Å². The summed E-state index contributed by atoms with van der Waals surface area (Å²) >= 11 is 0. The first-order valence-corrected chi connectivity index (χ1v) is 6.92. The molecule has 0 rings (SSSR count). The zero-order chi connectivity index (χ0) is 13.3. The van der Waals surface area contributed by atoms with Gasteiger partial charge in [0.1, 0.15) is 0 Å². The lowest BCUT2D eigenvalue weighted by Gasteiger charge is -2.30. The average molecular weight is 244 g/mol. The van der Waals surface area contributed by atoms with Crippen molar-refractivity contribution in [3.8, 4) is 0 Å². The van der Waals surface area contributed by atoms with E-state index in [-0.39, 0.29) is 5.92 Å². The Morgan fingerprint density at radius 1 is 1.24 bits per heavy atom. The lowest BCUT2D eigenvalue weighted by atomic mass is 9.83. The van der Waals surface area contributed by atoms with Gasteiger partial charge in [0.2, 0.25) is 0 Å². The number of esters is 1. The van der Waals surface area contributed by atoms with Crippen molar-refractivity contribution in [3.63, 3.8) is 0 Å². The van der Waals surface area contributed by atoms with Gasteiger partial charge in [0.25, 0.3) is 0 Å². The summed E-state index contributed by atoms with van der Waals surface area (Å²) < 4.78 is 4.96. The molecule has 102 valence electrons. The minimum absolute atomic E-state index is 0.0385. The fraction of sp³-hybridized carbons (Fsp3) is 0.929. The Kier molecular flexibility index (Phi) is 8.23. The minimum atomic E-state index is -1.30. The zero-order valence-corrected chi connectivity index (χ0v) is 11.8. The molecule has 0 bridgehead atoms. The van der Waals surface area contributed by atoms with E-state index in [1.807, 2.05) is 13.8 Å².